The highest BCUT2D eigenvalue weighted by Gasteiger charge is 2.17. The van der Waals surface area contributed by atoms with E-state index in [2.05, 4.69) is 10.3 Å². The molecule has 0 aliphatic carbocycles. The quantitative estimate of drug-likeness (QED) is 0.381. The van der Waals surface area contributed by atoms with Crippen LogP contribution in [0.25, 0.3) is 11.7 Å². The Morgan fingerprint density at radius 1 is 1.06 bits per heavy atom. The van der Waals surface area contributed by atoms with E-state index in [1.54, 1.807) is 60.8 Å². The molecule has 0 saturated carbocycles. The number of amides is 1. The number of rotatable bonds is 5. The third-order valence-corrected chi connectivity index (χ3v) is 4.74. The van der Waals surface area contributed by atoms with E-state index in [0.29, 0.717) is 17.1 Å². The maximum absolute atomic E-state index is 13.2. The Kier molecular flexibility index (Phi) is 5.77. The van der Waals surface area contributed by atoms with Gasteiger partial charge < -0.3 is 10.1 Å². The van der Waals surface area contributed by atoms with Gasteiger partial charge in [0, 0.05) is 11.9 Å². The van der Waals surface area contributed by atoms with E-state index >= 15 is 0 Å². The van der Waals surface area contributed by atoms with Gasteiger partial charge in [0.2, 0.25) is 5.88 Å². The number of hydrogen-bond donors (Lipinski definition) is 1. The van der Waals surface area contributed by atoms with E-state index in [4.69, 9.17) is 4.74 Å². The average Bonchev–Trinajstić information content (AvgIpc) is 2.81. The molecule has 4 aromatic rings. The Labute approximate surface area is 183 Å². The van der Waals surface area contributed by atoms with Crippen molar-refractivity contribution in [1.82, 2.24) is 9.38 Å². The summed E-state index contributed by atoms with van der Waals surface area (Å²) in [6, 6.07) is 23.0. The van der Waals surface area contributed by atoms with Crippen molar-refractivity contribution >= 4 is 23.3 Å². The van der Waals surface area contributed by atoms with Crippen LogP contribution in [0.3, 0.4) is 0 Å². The standard InChI is InChI=1S/C25H18N4O3/c1-17-9-5-6-12-21(17)27-23(30)18(16-26)15-20-24(32-19-10-3-2-4-11-19)28-22-13-7-8-14-29(22)25(20)31/h2-15H,1H3,(H,27,30). The van der Waals surface area contributed by atoms with Crippen LogP contribution in [0.5, 0.6) is 11.6 Å². The summed E-state index contributed by atoms with van der Waals surface area (Å²) in [7, 11) is 0. The summed E-state index contributed by atoms with van der Waals surface area (Å²) in [4.78, 5) is 30.4. The number of benzene rings is 2. The highest BCUT2D eigenvalue weighted by Crippen LogP contribution is 2.24. The summed E-state index contributed by atoms with van der Waals surface area (Å²) >= 11 is 0. The number of nitrogens with one attached hydrogen (secondary N) is 1. The molecule has 32 heavy (non-hydrogen) atoms. The van der Waals surface area contributed by atoms with Crippen LogP contribution in [0.15, 0.2) is 89.4 Å². The van der Waals surface area contributed by atoms with Crippen LogP contribution in [-0.4, -0.2) is 15.3 Å². The smallest absolute Gasteiger partial charge is 0.269 e. The average molecular weight is 422 g/mol. The first-order valence-electron chi connectivity index (χ1n) is 9.80. The number of carbonyl (C=O) groups excluding carboxylic acids is 1. The third-order valence-electron chi connectivity index (χ3n) is 4.74. The van der Waals surface area contributed by atoms with Gasteiger partial charge in [-0.1, -0.05) is 42.5 Å². The summed E-state index contributed by atoms with van der Waals surface area (Å²) in [5.74, 6) is -0.161. The Hall–Kier alpha value is -4.70. The van der Waals surface area contributed by atoms with Crippen molar-refractivity contribution in [2.24, 2.45) is 0 Å². The molecular formula is C25H18N4O3. The fourth-order valence-corrected chi connectivity index (χ4v) is 3.08. The number of aryl methyl sites for hydroxylation is 1. The normalized spacial score (nSPS) is 11.1. The molecule has 1 amide bonds. The van der Waals surface area contributed by atoms with E-state index < -0.39 is 11.5 Å². The molecule has 1 N–H and O–H groups in total. The molecule has 4 rings (SSSR count). The molecule has 0 radical (unpaired) electrons. The lowest BCUT2D eigenvalue weighted by molar-refractivity contribution is -0.112. The van der Waals surface area contributed by atoms with E-state index in [1.165, 1.54) is 10.5 Å². The van der Waals surface area contributed by atoms with Crippen LogP contribution in [0.2, 0.25) is 0 Å². The summed E-state index contributed by atoms with van der Waals surface area (Å²) in [6.07, 6.45) is 2.77. The number of para-hydroxylation sites is 2. The molecule has 2 aromatic carbocycles. The number of hydrogen-bond acceptors (Lipinski definition) is 5. The van der Waals surface area contributed by atoms with Crippen molar-refractivity contribution in [2.45, 2.75) is 6.92 Å². The number of pyridine rings is 1. The molecule has 0 aliphatic heterocycles. The molecule has 7 nitrogen and oxygen atoms in total. The second-order valence-corrected chi connectivity index (χ2v) is 6.92. The van der Waals surface area contributed by atoms with Crippen LogP contribution in [0, 0.1) is 18.3 Å². The number of nitriles is 1. The Morgan fingerprint density at radius 2 is 1.78 bits per heavy atom. The van der Waals surface area contributed by atoms with Gasteiger partial charge in [0.05, 0.1) is 0 Å². The maximum atomic E-state index is 13.2. The van der Waals surface area contributed by atoms with Crippen molar-refractivity contribution in [2.75, 3.05) is 5.32 Å². The van der Waals surface area contributed by atoms with Gasteiger partial charge in [-0.2, -0.15) is 10.2 Å². The molecule has 0 bridgehead atoms. The fourth-order valence-electron chi connectivity index (χ4n) is 3.08. The van der Waals surface area contributed by atoms with Crippen molar-refractivity contribution in [3.63, 3.8) is 0 Å². The Morgan fingerprint density at radius 3 is 2.53 bits per heavy atom. The minimum absolute atomic E-state index is 0.00356. The van der Waals surface area contributed by atoms with E-state index in [1.807, 2.05) is 31.2 Å². The summed E-state index contributed by atoms with van der Waals surface area (Å²) < 4.78 is 7.18. The van der Waals surface area contributed by atoms with E-state index in [0.717, 1.165) is 5.56 Å². The lowest BCUT2D eigenvalue weighted by Gasteiger charge is -2.11. The van der Waals surface area contributed by atoms with Crippen LogP contribution in [0.4, 0.5) is 5.69 Å². The first-order valence-corrected chi connectivity index (χ1v) is 9.80. The zero-order valence-electron chi connectivity index (χ0n) is 17.1. The predicted octanol–water partition coefficient (Wildman–Crippen LogP) is 4.34. The van der Waals surface area contributed by atoms with Crippen LogP contribution in [-0.2, 0) is 4.79 Å². The fraction of sp³-hybridized carbons (Fsp3) is 0.0400. The molecule has 2 heterocycles. The zero-order chi connectivity index (χ0) is 22.5. The molecule has 0 spiro atoms. The SMILES string of the molecule is Cc1ccccc1NC(=O)C(C#N)=Cc1c(Oc2ccccc2)nc2ccccn2c1=O. The first kappa shape index (κ1) is 20.6. The lowest BCUT2D eigenvalue weighted by atomic mass is 10.1. The number of carbonyl (C=O) groups is 1. The topological polar surface area (TPSA) is 96.5 Å². The molecule has 0 fully saturated rings. The summed E-state index contributed by atoms with van der Waals surface area (Å²) in [5, 5.41) is 12.3. The van der Waals surface area contributed by atoms with Crippen LogP contribution < -0.4 is 15.6 Å². The molecule has 0 unspecified atom stereocenters. The highest BCUT2D eigenvalue weighted by molar-refractivity contribution is 6.10. The second-order valence-electron chi connectivity index (χ2n) is 6.92. The number of ether oxygens (including phenoxy) is 1. The van der Waals surface area contributed by atoms with Gasteiger partial charge in [-0.15, -0.1) is 0 Å². The van der Waals surface area contributed by atoms with E-state index in [9.17, 15) is 14.9 Å². The molecule has 2 aromatic heterocycles. The van der Waals surface area contributed by atoms with Gasteiger partial charge in [0.1, 0.15) is 28.6 Å². The maximum Gasteiger partial charge on any atom is 0.269 e. The van der Waals surface area contributed by atoms with Gasteiger partial charge in [0.25, 0.3) is 11.5 Å². The van der Waals surface area contributed by atoms with Crippen molar-refractivity contribution in [3.8, 4) is 17.7 Å². The summed E-state index contributed by atoms with van der Waals surface area (Å²) in [6.45, 7) is 1.84. The number of aromatic nitrogens is 2. The van der Waals surface area contributed by atoms with Gasteiger partial charge >= 0.3 is 0 Å². The van der Waals surface area contributed by atoms with Gasteiger partial charge in [-0.05, 0) is 48.9 Å². The monoisotopic (exact) mass is 422 g/mol. The molecule has 0 atom stereocenters. The molecular weight excluding hydrogens is 404 g/mol. The van der Waals surface area contributed by atoms with Gasteiger partial charge in [-0.25, -0.2) is 0 Å². The van der Waals surface area contributed by atoms with Crippen molar-refractivity contribution in [1.29, 1.82) is 5.26 Å². The van der Waals surface area contributed by atoms with E-state index in [-0.39, 0.29) is 17.0 Å². The second kappa shape index (κ2) is 8.98. The van der Waals surface area contributed by atoms with Crippen LogP contribution in [0.1, 0.15) is 11.1 Å². The number of fused-ring (bicyclic) bond motifs is 1. The minimum atomic E-state index is -0.634. The van der Waals surface area contributed by atoms with Crippen molar-refractivity contribution < 1.29 is 9.53 Å². The van der Waals surface area contributed by atoms with Crippen molar-refractivity contribution in [3.05, 3.63) is 106 Å². The first-order chi connectivity index (χ1) is 15.6. The zero-order valence-corrected chi connectivity index (χ0v) is 17.1. The lowest BCUT2D eigenvalue weighted by Crippen LogP contribution is -2.20. The Balaban J connectivity index is 1.81. The van der Waals surface area contributed by atoms with Gasteiger partial charge in [0.15, 0.2) is 0 Å². The predicted molar refractivity (Wildman–Crippen MR) is 121 cm³/mol. The number of nitrogens with zero attached hydrogens (tertiary/aromatic N) is 3. The minimum Gasteiger partial charge on any atom is -0.438 e. The molecule has 156 valence electrons. The Bertz CT molecular complexity index is 1430. The molecule has 0 aliphatic rings. The molecule has 7 heteroatoms. The highest BCUT2D eigenvalue weighted by atomic mass is 16.5. The van der Waals surface area contributed by atoms with Crippen LogP contribution >= 0.6 is 0 Å². The van der Waals surface area contributed by atoms with Gasteiger partial charge in [-0.3, -0.25) is 14.0 Å². The third kappa shape index (κ3) is 4.25. The largest absolute Gasteiger partial charge is 0.438 e. The number of anilines is 1. The molecule has 0 saturated heterocycles. The summed E-state index contributed by atoms with van der Waals surface area (Å²) in [5.41, 5.74) is 1.09.